The first kappa shape index (κ1) is 20.2. The molecule has 0 heterocycles. The van der Waals surface area contributed by atoms with E-state index in [9.17, 15) is 19.2 Å². The number of nitrogens with two attached hydrogens (primary N) is 2. The van der Waals surface area contributed by atoms with Crippen LogP contribution in [0.5, 0.6) is 0 Å². The normalized spacial score (nSPS) is 9.86. The van der Waals surface area contributed by atoms with Gasteiger partial charge in [-0.3, -0.25) is 9.59 Å². The number of hydrogen-bond acceptors (Lipinski definition) is 4. The Kier molecular flexibility index (Phi) is 6.92. The van der Waals surface area contributed by atoms with Crippen LogP contribution in [0.25, 0.3) is 0 Å². The molecule has 0 spiro atoms. The van der Waals surface area contributed by atoms with Crippen molar-refractivity contribution in [3.8, 4) is 0 Å². The maximum absolute atomic E-state index is 12.2. The van der Waals surface area contributed by atoms with Gasteiger partial charge < -0.3 is 32.7 Å². The minimum Gasteiger partial charge on any atom is -0.351 e. The number of urea groups is 2. The molecule has 0 saturated heterocycles. The Bertz CT molecular complexity index is 899. The van der Waals surface area contributed by atoms with E-state index >= 15 is 0 Å². The summed E-state index contributed by atoms with van der Waals surface area (Å²) in [7, 11) is 0. The molecule has 0 saturated carbocycles. The summed E-state index contributed by atoms with van der Waals surface area (Å²) < 4.78 is 0. The van der Waals surface area contributed by atoms with Crippen molar-refractivity contribution in [2.24, 2.45) is 11.5 Å². The van der Waals surface area contributed by atoms with Gasteiger partial charge in [0, 0.05) is 24.3 Å². The average Bonchev–Trinajstić information content (AvgIpc) is 2.64. The molecule has 0 aliphatic rings. The summed E-state index contributed by atoms with van der Waals surface area (Å²) in [6.07, 6.45) is 0. The minimum atomic E-state index is -0.777. The first-order valence-corrected chi connectivity index (χ1v) is 8.25. The molecule has 0 radical (unpaired) electrons. The molecule has 0 aliphatic carbocycles. The van der Waals surface area contributed by atoms with Crippen LogP contribution in [-0.2, 0) is 0 Å². The van der Waals surface area contributed by atoms with Crippen LogP contribution in [0.4, 0.5) is 21.0 Å². The Morgan fingerprint density at radius 2 is 1.39 bits per heavy atom. The topological polar surface area (TPSA) is 168 Å². The van der Waals surface area contributed by atoms with Crippen molar-refractivity contribution in [2.75, 3.05) is 23.7 Å². The summed E-state index contributed by atoms with van der Waals surface area (Å²) >= 11 is 0. The third kappa shape index (κ3) is 6.02. The van der Waals surface area contributed by atoms with Crippen LogP contribution in [0.3, 0.4) is 0 Å². The zero-order valence-corrected chi connectivity index (χ0v) is 14.8. The summed E-state index contributed by atoms with van der Waals surface area (Å²) in [4.78, 5) is 46.2. The Hall–Kier alpha value is -4.08. The van der Waals surface area contributed by atoms with Gasteiger partial charge in [0.25, 0.3) is 11.8 Å². The van der Waals surface area contributed by atoms with Gasteiger partial charge in [-0.2, -0.15) is 0 Å². The van der Waals surface area contributed by atoms with Crippen molar-refractivity contribution in [3.63, 3.8) is 0 Å². The number of carbonyl (C=O) groups excluding carboxylic acids is 4. The molecule has 6 amide bonds. The second-order valence-corrected chi connectivity index (χ2v) is 5.62. The van der Waals surface area contributed by atoms with Gasteiger partial charge in [0.15, 0.2) is 0 Å². The van der Waals surface area contributed by atoms with E-state index in [1.165, 1.54) is 12.1 Å². The van der Waals surface area contributed by atoms with Crippen molar-refractivity contribution < 1.29 is 19.2 Å². The maximum atomic E-state index is 12.2. The summed E-state index contributed by atoms with van der Waals surface area (Å²) in [5.41, 5.74) is 11.4. The smallest absolute Gasteiger partial charge is 0.316 e. The highest BCUT2D eigenvalue weighted by Crippen LogP contribution is 2.14. The number of carbonyl (C=O) groups is 4. The molecule has 0 aromatic heterocycles. The summed E-state index contributed by atoms with van der Waals surface area (Å²) in [5, 5.41) is 10.0. The number of rotatable bonds is 7. The van der Waals surface area contributed by atoms with E-state index in [-0.39, 0.29) is 30.2 Å². The molecular formula is C18H20N6O4. The molecule has 0 aliphatic heterocycles. The van der Waals surface area contributed by atoms with E-state index < -0.39 is 18.0 Å². The van der Waals surface area contributed by atoms with Gasteiger partial charge in [-0.1, -0.05) is 18.2 Å². The highest BCUT2D eigenvalue weighted by molar-refractivity contribution is 6.03. The zero-order chi connectivity index (χ0) is 20.5. The van der Waals surface area contributed by atoms with E-state index in [2.05, 4.69) is 21.3 Å². The summed E-state index contributed by atoms with van der Waals surface area (Å²) in [6.45, 7) is 0.332. The standard InChI is InChI=1S/C18H20N6O4/c19-17(27)23-12-5-3-4-11(10-12)15(25)21-8-9-22-16(26)13-6-1-2-7-14(13)24-18(20)28/h1-7,10H,8-9H2,(H,21,25)(H,22,26)(H3,19,23,27)(H3,20,24,28). The quantitative estimate of drug-likeness (QED) is 0.389. The van der Waals surface area contributed by atoms with Gasteiger partial charge in [-0.05, 0) is 30.3 Å². The monoisotopic (exact) mass is 384 g/mol. The molecule has 2 rings (SSSR count). The van der Waals surface area contributed by atoms with Crippen LogP contribution < -0.4 is 32.7 Å². The number of primary amides is 2. The van der Waals surface area contributed by atoms with E-state index in [4.69, 9.17) is 11.5 Å². The predicted octanol–water partition coefficient (Wildman–Crippen LogP) is 0.828. The predicted molar refractivity (Wildman–Crippen MR) is 104 cm³/mol. The molecule has 0 unspecified atom stereocenters. The highest BCUT2D eigenvalue weighted by atomic mass is 16.2. The molecule has 0 atom stereocenters. The molecular weight excluding hydrogens is 364 g/mol. The highest BCUT2D eigenvalue weighted by Gasteiger charge is 2.12. The van der Waals surface area contributed by atoms with Crippen LogP contribution in [0.1, 0.15) is 20.7 Å². The fourth-order valence-corrected chi connectivity index (χ4v) is 2.35. The van der Waals surface area contributed by atoms with Crippen molar-refractivity contribution in [3.05, 3.63) is 59.7 Å². The van der Waals surface area contributed by atoms with Gasteiger partial charge in [0.05, 0.1) is 11.3 Å². The minimum absolute atomic E-state index is 0.161. The lowest BCUT2D eigenvalue weighted by molar-refractivity contribution is 0.0928. The lowest BCUT2D eigenvalue weighted by atomic mass is 10.1. The molecule has 0 bridgehead atoms. The number of hydrogen-bond donors (Lipinski definition) is 6. The average molecular weight is 384 g/mol. The van der Waals surface area contributed by atoms with Crippen LogP contribution in [-0.4, -0.2) is 37.0 Å². The lowest BCUT2D eigenvalue weighted by Gasteiger charge is -2.11. The third-order valence-corrected chi connectivity index (χ3v) is 3.52. The van der Waals surface area contributed by atoms with Crippen molar-refractivity contribution in [1.29, 1.82) is 0 Å². The second-order valence-electron chi connectivity index (χ2n) is 5.62. The fourth-order valence-electron chi connectivity index (χ4n) is 2.35. The Labute approximate surface area is 160 Å². The molecule has 0 fully saturated rings. The number of para-hydroxylation sites is 1. The van der Waals surface area contributed by atoms with E-state index in [0.29, 0.717) is 11.3 Å². The summed E-state index contributed by atoms with van der Waals surface area (Å²) in [5.74, 6) is -0.801. The van der Waals surface area contributed by atoms with Gasteiger partial charge >= 0.3 is 12.1 Å². The SMILES string of the molecule is NC(=O)Nc1cccc(C(=O)NCCNC(=O)c2ccccc2NC(N)=O)c1. The summed E-state index contributed by atoms with van der Waals surface area (Å²) in [6, 6.07) is 11.1. The van der Waals surface area contributed by atoms with Crippen molar-refractivity contribution >= 4 is 35.3 Å². The second kappa shape index (κ2) is 9.57. The first-order chi connectivity index (χ1) is 13.4. The van der Waals surface area contributed by atoms with Crippen molar-refractivity contribution in [2.45, 2.75) is 0 Å². The van der Waals surface area contributed by atoms with Gasteiger partial charge in [-0.25, -0.2) is 9.59 Å². The molecule has 2 aromatic carbocycles. The van der Waals surface area contributed by atoms with E-state index in [1.807, 2.05) is 0 Å². The zero-order valence-electron chi connectivity index (χ0n) is 14.8. The fraction of sp³-hybridized carbons (Fsp3) is 0.111. The van der Waals surface area contributed by atoms with Gasteiger partial charge in [-0.15, -0.1) is 0 Å². The van der Waals surface area contributed by atoms with E-state index in [1.54, 1.807) is 36.4 Å². The number of amides is 6. The maximum Gasteiger partial charge on any atom is 0.316 e. The molecule has 146 valence electrons. The number of nitrogens with one attached hydrogen (secondary N) is 4. The molecule has 8 N–H and O–H groups in total. The van der Waals surface area contributed by atoms with Crippen LogP contribution in [0.15, 0.2) is 48.5 Å². The molecule has 10 heteroatoms. The Morgan fingerprint density at radius 3 is 2.07 bits per heavy atom. The van der Waals surface area contributed by atoms with Gasteiger partial charge in [0.2, 0.25) is 0 Å². The van der Waals surface area contributed by atoms with Crippen LogP contribution in [0, 0.1) is 0 Å². The van der Waals surface area contributed by atoms with Gasteiger partial charge in [0.1, 0.15) is 0 Å². The Balaban J connectivity index is 1.86. The van der Waals surface area contributed by atoms with Crippen LogP contribution >= 0.6 is 0 Å². The molecule has 2 aromatic rings. The lowest BCUT2D eigenvalue weighted by Crippen LogP contribution is -2.35. The number of anilines is 2. The Morgan fingerprint density at radius 1 is 0.750 bits per heavy atom. The van der Waals surface area contributed by atoms with Crippen LogP contribution in [0.2, 0.25) is 0 Å². The number of benzene rings is 2. The first-order valence-electron chi connectivity index (χ1n) is 8.25. The molecule has 10 nitrogen and oxygen atoms in total. The third-order valence-electron chi connectivity index (χ3n) is 3.52. The molecule has 28 heavy (non-hydrogen) atoms. The van der Waals surface area contributed by atoms with Crippen molar-refractivity contribution in [1.82, 2.24) is 10.6 Å². The largest absolute Gasteiger partial charge is 0.351 e. The van der Waals surface area contributed by atoms with E-state index in [0.717, 1.165) is 0 Å².